The molecule has 0 heterocycles. The van der Waals surface area contributed by atoms with Gasteiger partial charge in [-0.1, -0.05) is 18.2 Å². The van der Waals surface area contributed by atoms with E-state index < -0.39 is 11.9 Å². The average molecular weight is 211 g/mol. The van der Waals surface area contributed by atoms with Crippen LogP contribution in [0.1, 0.15) is 17.3 Å². The Morgan fingerprint density at radius 1 is 1.29 bits per heavy atom. The van der Waals surface area contributed by atoms with Gasteiger partial charge in [0.25, 0.3) is 5.91 Å². The summed E-state index contributed by atoms with van der Waals surface area (Å²) in [5, 5.41) is 0. The molecule has 4 nitrogen and oxygen atoms in total. The quantitative estimate of drug-likeness (QED) is 0.565. The molecule has 1 aromatic carbocycles. The summed E-state index contributed by atoms with van der Waals surface area (Å²) in [6.07, 6.45) is 0. The zero-order valence-electron chi connectivity index (χ0n) is 7.51. The van der Waals surface area contributed by atoms with E-state index in [-0.39, 0.29) is 0 Å². The van der Waals surface area contributed by atoms with Gasteiger partial charge in [-0.2, -0.15) is 0 Å². The fourth-order valence-corrected chi connectivity index (χ4v) is 1.08. The van der Waals surface area contributed by atoms with Crippen molar-refractivity contribution in [1.29, 1.82) is 0 Å². The van der Waals surface area contributed by atoms with Crippen molar-refractivity contribution in [3.8, 4) is 0 Å². The highest BCUT2D eigenvalue weighted by Crippen LogP contribution is 2.07. The molecule has 0 aliphatic rings. The molecular weight excluding hydrogens is 202 g/mol. The molecule has 0 unspecified atom stereocenters. The Kier molecular flexibility index (Phi) is 3.53. The van der Waals surface area contributed by atoms with Gasteiger partial charge in [0.1, 0.15) is 0 Å². The molecule has 74 valence electrons. The summed E-state index contributed by atoms with van der Waals surface area (Å²) in [4.78, 5) is 26.5. The van der Waals surface area contributed by atoms with Crippen LogP contribution in [0.2, 0.25) is 0 Å². The van der Waals surface area contributed by atoms with Crippen molar-refractivity contribution in [2.75, 3.05) is 0 Å². The van der Waals surface area contributed by atoms with Crippen LogP contribution in [0.3, 0.4) is 0 Å². The van der Waals surface area contributed by atoms with Gasteiger partial charge in [0.05, 0.1) is 0 Å². The first-order valence-electron chi connectivity index (χ1n) is 3.88. The molecule has 0 saturated carbocycles. The van der Waals surface area contributed by atoms with E-state index in [1.807, 2.05) is 0 Å². The monoisotopic (exact) mass is 211 g/mol. The molecule has 0 N–H and O–H groups in total. The van der Waals surface area contributed by atoms with E-state index in [4.69, 9.17) is 0 Å². The van der Waals surface area contributed by atoms with E-state index in [9.17, 15) is 9.59 Å². The Balaban J connectivity index is 2.71. The Hall–Kier alpha value is -1.49. The predicted molar refractivity (Wildman–Crippen MR) is 53.4 cm³/mol. The molecule has 0 bridgehead atoms. The summed E-state index contributed by atoms with van der Waals surface area (Å²) in [6.45, 7) is 1.20. The van der Waals surface area contributed by atoms with E-state index in [1.54, 1.807) is 30.3 Å². The molecule has 1 rings (SSSR count). The smallest absolute Gasteiger partial charge is 0.327 e. The largest absolute Gasteiger partial charge is 0.330 e. The van der Waals surface area contributed by atoms with Crippen LogP contribution in [-0.4, -0.2) is 16.3 Å². The van der Waals surface area contributed by atoms with Crippen LogP contribution in [0.4, 0.5) is 0 Å². The van der Waals surface area contributed by atoms with Crippen LogP contribution in [0.5, 0.6) is 0 Å². The van der Waals surface area contributed by atoms with Crippen molar-refractivity contribution in [1.82, 2.24) is 4.47 Å². The highest BCUT2D eigenvalue weighted by Gasteiger charge is 2.14. The number of thiol groups is 1. The summed E-state index contributed by atoms with van der Waals surface area (Å²) in [6, 6.07) is 8.42. The van der Waals surface area contributed by atoms with Gasteiger partial charge >= 0.3 is 5.97 Å². The Bertz CT molecular complexity index is 339. The van der Waals surface area contributed by atoms with Gasteiger partial charge in [-0.25, -0.2) is 4.79 Å². The lowest BCUT2D eigenvalue weighted by molar-refractivity contribution is -0.158. The van der Waals surface area contributed by atoms with E-state index >= 15 is 0 Å². The molecule has 0 saturated heterocycles. The standard InChI is InChI=1S/C9H9NO3S/c1-7(11)13-10(14)9(12)8-5-3-2-4-6-8/h2-6,14H,1H3. The first-order valence-corrected chi connectivity index (χ1v) is 4.28. The second kappa shape index (κ2) is 4.66. The van der Waals surface area contributed by atoms with Gasteiger partial charge in [0, 0.05) is 12.5 Å². The van der Waals surface area contributed by atoms with E-state index in [0.29, 0.717) is 10.0 Å². The first kappa shape index (κ1) is 10.6. The SMILES string of the molecule is CC(=O)ON(S)C(=O)c1ccccc1. The molecule has 0 fully saturated rings. The Labute approximate surface area is 87.0 Å². The highest BCUT2D eigenvalue weighted by molar-refractivity contribution is 7.78. The third kappa shape index (κ3) is 2.77. The minimum atomic E-state index is -0.593. The molecule has 0 aromatic heterocycles. The van der Waals surface area contributed by atoms with Crippen LogP contribution in [0.15, 0.2) is 30.3 Å². The molecule has 1 aromatic rings. The first-order chi connectivity index (χ1) is 6.61. The molecule has 0 aliphatic carbocycles. The number of carbonyl (C=O) groups excluding carboxylic acids is 2. The lowest BCUT2D eigenvalue weighted by Gasteiger charge is -2.12. The fraction of sp³-hybridized carbons (Fsp3) is 0.111. The maximum absolute atomic E-state index is 11.5. The summed E-state index contributed by atoms with van der Waals surface area (Å²) in [5.41, 5.74) is 0.406. The van der Waals surface area contributed by atoms with Crippen LogP contribution < -0.4 is 0 Å². The molecule has 0 spiro atoms. The maximum Gasteiger partial charge on any atom is 0.330 e. The molecular formula is C9H9NO3S. The lowest BCUT2D eigenvalue weighted by atomic mass is 10.2. The summed E-state index contributed by atoms with van der Waals surface area (Å²) >= 11 is 3.72. The molecule has 0 aliphatic heterocycles. The Morgan fingerprint density at radius 3 is 2.36 bits per heavy atom. The fourth-order valence-electron chi connectivity index (χ4n) is 0.854. The number of hydrogen-bond donors (Lipinski definition) is 1. The number of hydrogen-bond acceptors (Lipinski definition) is 4. The minimum absolute atomic E-state index is 0.406. The van der Waals surface area contributed by atoms with Crippen LogP contribution >= 0.6 is 12.8 Å². The third-order valence-electron chi connectivity index (χ3n) is 1.41. The molecule has 1 amide bonds. The van der Waals surface area contributed by atoms with Crippen molar-refractivity contribution < 1.29 is 14.4 Å². The molecule has 0 radical (unpaired) electrons. The average Bonchev–Trinajstić information content (AvgIpc) is 2.17. The minimum Gasteiger partial charge on any atom is -0.327 e. The number of nitrogens with zero attached hydrogens (tertiary/aromatic N) is 1. The zero-order chi connectivity index (χ0) is 10.6. The van der Waals surface area contributed by atoms with Gasteiger partial charge in [-0.05, 0) is 24.9 Å². The molecule has 0 atom stereocenters. The number of amides is 1. The number of hydroxylamine groups is 1. The highest BCUT2D eigenvalue weighted by atomic mass is 32.1. The maximum atomic E-state index is 11.5. The van der Waals surface area contributed by atoms with Gasteiger partial charge < -0.3 is 4.84 Å². The summed E-state index contributed by atoms with van der Waals surface area (Å²) in [7, 11) is 0. The zero-order valence-corrected chi connectivity index (χ0v) is 8.40. The van der Waals surface area contributed by atoms with E-state index in [0.717, 1.165) is 0 Å². The lowest BCUT2D eigenvalue weighted by Crippen LogP contribution is -2.24. The second-order valence-corrected chi connectivity index (χ2v) is 2.89. The third-order valence-corrected chi connectivity index (χ3v) is 1.67. The normalized spacial score (nSPS) is 9.29. The number of benzene rings is 1. The van der Waals surface area contributed by atoms with Gasteiger partial charge in [-0.15, -0.1) is 4.47 Å². The van der Waals surface area contributed by atoms with Crippen molar-refractivity contribution in [3.05, 3.63) is 35.9 Å². The summed E-state index contributed by atoms with van der Waals surface area (Å²) < 4.78 is 0.609. The van der Waals surface area contributed by atoms with Crippen LogP contribution in [0, 0.1) is 0 Å². The predicted octanol–water partition coefficient (Wildman–Crippen LogP) is 1.45. The number of carbonyl (C=O) groups is 2. The van der Waals surface area contributed by atoms with E-state index in [2.05, 4.69) is 17.7 Å². The molecule has 14 heavy (non-hydrogen) atoms. The van der Waals surface area contributed by atoms with Crippen molar-refractivity contribution in [3.63, 3.8) is 0 Å². The second-order valence-electron chi connectivity index (χ2n) is 2.53. The van der Waals surface area contributed by atoms with E-state index in [1.165, 1.54) is 6.92 Å². The van der Waals surface area contributed by atoms with Gasteiger partial charge in [-0.3, -0.25) is 4.79 Å². The van der Waals surface area contributed by atoms with Crippen LogP contribution in [0.25, 0.3) is 0 Å². The van der Waals surface area contributed by atoms with Crippen molar-refractivity contribution in [2.24, 2.45) is 0 Å². The number of rotatable bonds is 1. The van der Waals surface area contributed by atoms with Crippen molar-refractivity contribution >= 4 is 24.7 Å². The Morgan fingerprint density at radius 2 is 1.86 bits per heavy atom. The summed E-state index contributed by atoms with van der Waals surface area (Å²) in [5.74, 6) is -1.08. The van der Waals surface area contributed by atoms with Gasteiger partial charge in [0.2, 0.25) is 0 Å². The topological polar surface area (TPSA) is 46.6 Å². The molecule has 5 heteroatoms. The van der Waals surface area contributed by atoms with Crippen LogP contribution in [-0.2, 0) is 9.63 Å². The van der Waals surface area contributed by atoms with Gasteiger partial charge in [0.15, 0.2) is 0 Å². The van der Waals surface area contributed by atoms with Crippen molar-refractivity contribution in [2.45, 2.75) is 6.92 Å².